The summed E-state index contributed by atoms with van der Waals surface area (Å²) in [4.78, 5) is 24.3. The van der Waals surface area contributed by atoms with Gasteiger partial charge in [-0.15, -0.1) is 0 Å². The first kappa shape index (κ1) is 11.8. The number of amides is 2. The van der Waals surface area contributed by atoms with Crippen molar-refractivity contribution in [2.75, 3.05) is 13.1 Å². The predicted octanol–water partition coefficient (Wildman–Crippen LogP) is 0.676. The highest BCUT2D eigenvalue weighted by Gasteiger charge is 2.24. The largest absolute Gasteiger partial charge is 0.369 e. The molecule has 4 heteroatoms. The molecule has 1 fully saturated rings. The Morgan fingerprint density at radius 1 is 1.27 bits per heavy atom. The molecule has 1 saturated heterocycles. The van der Waals surface area contributed by atoms with Crippen molar-refractivity contribution >= 4 is 11.8 Å². The normalized spacial score (nSPS) is 17.3. The smallest absolute Gasteiger partial charge is 0.246 e. The van der Waals surface area contributed by atoms with Crippen molar-refractivity contribution < 1.29 is 9.59 Å². The van der Waals surface area contributed by atoms with Crippen LogP contribution in [0.15, 0.2) is 11.6 Å². The summed E-state index contributed by atoms with van der Waals surface area (Å²) in [5.41, 5.74) is 6.21. The van der Waals surface area contributed by atoms with Crippen LogP contribution in [0.2, 0.25) is 0 Å². The van der Waals surface area contributed by atoms with Gasteiger partial charge in [-0.1, -0.05) is 5.57 Å². The Kier molecular flexibility index (Phi) is 3.88. The lowest BCUT2D eigenvalue weighted by Gasteiger charge is -2.29. The molecule has 0 aromatic heterocycles. The first-order valence-electron chi connectivity index (χ1n) is 5.24. The highest BCUT2D eigenvalue weighted by Crippen LogP contribution is 2.16. The van der Waals surface area contributed by atoms with E-state index in [1.807, 2.05) is 13.8 Å². The highest BCUT2D eigenvalue weighted by atomic mass is 16.2. The van der Waals surface area contributed by atoms with Gasteiger partial charge in [-0.3, -0.25) is 9.59 Å². The predicted molar refractivity (Wildman–Crippen MR) is 57.9 cm³/mol. The second-order valence-corrected chi connectivity index (χ2v) is 4.22. The van der Waals surface area contributed by atoms with Crippen LogP contribution in [0, 0.1) is 5.92 Å². The van der Waals surface area contributed by atoms with Crippen LogP contribution in [-0.2, 0) is 9.59 Å². The van der Waals surface area contributed by atoms with Gasteiger partial charge in [0.15, 0.2) is 0 Å². The highest BCUT2D eigenvalue weighted by molar-refractivity contribution is 5.88. The van der Waals surface area contributed by atoms with E-state index in [0.717, 1.165) is 5.57 Å². The molecular weight excluding hydrogens is 192 g/mol. The lowest BCUT2D eigenvalue weighted by molar-refractivity contribution is -0.130. The summed E-state index contributed by atoms with van der Waals surface area (Å²) in [6.45, 7) is 5.06. The maximum absolute atomic E-state index is 11.6. The van der Waals surface area contributed by atoms with Crippen molar-refractivity contribution in [3.05, 3.63) is 11.6 Å². The Labute approximate surface area is 90.1 Å². The molecule has 1 aliphatic rings. The molecule has 0 aromatic rings. The van der Waals surface area contributed by atoms with E-state index in [1.165, 1.54) is 0 Å². The van der Waals surface area contributed by atoms with Gasteiger partial charge in [0.2, 0.25) is 11.8 Å². The average Bonchev–Trinajstić information content (AvgIpc) is 2.17. The molecule has 0 spiro atoms. The van der Waals surface area contributed by atoms with Gasteiger partial charge >= 0.3 is 0 Å². The summed E-state index contributed by atoms with van der Waals surface area (Å²) in [5, 5.41) is 0. The number of rotatable bonds is 2. The molecule has 0 unspecified atom stereocenters. The number of primary amides is 1. The van der Waals surface area contributed by atoms with Crippen LogP contribution >= 0.6 is 0 Å². The second-order valence-electron chi connectivity index (χ2n) is 4.22. The molecule has 2 N–H and O–H groups in total. The van der Waals surface area contributed by atoms with Crippen LogP contribution in [0.25, 0.3) is 0 Å². The lowest BCUT2D eigenvalue weighted by Crippen LogP contribution is -2.41. The molecule has 0 aliphatic carbocycles. The minimum atomic E-state index is -0.246. The molecule has 0 radical (unpaired) electrons. The van der Waals surface area contributed by atoms with E-state index in [0.29, 0.717) is 25.9 Å². The van der Waals surface area contributed by atoms with Gasteiger partial charge < -0.3 is 10.6 Å². The minimum Gasteiger partial charge on any atom is -0.369 e. The number of hydrogen-bond acceptors (Lipinski definition) is 2. The van der Waals surface area contributed by atoms with Gasteiger partial charge in [-0.25, -0.2) is 0 Å². The Hall–Kier alpha value is -1.32. The van der Waals surface area contributed by atoms with E-state index in [9.17, 15) is 9.59 Å². The Morgan fingerprint density at radius 2 is 1.80 bits per heavy atom. The standard InChI is InChI=1S/C11H18N2O2/c1-8(2)7-10(14)13-5-3-9(4-6-13)11(12)15/h7,9H,3-6H2,1-2H3,(H2,12,15). The van der Waals surface area contributed by atoms with Crippen molar-refractivity contribution in [2.24, 2.45) is 11.7 Å². The summed E-state index contributed by atoms with van der Waals surface area (Å²) in [7, 11) is 0. The summed E-state index contributed by atoms with van der Waals surface area (Å²) in [6.07, 6.45) is 3.01. The van der Waals surface area contributed by atoms with E-state index >= 15 is 0 Å². The zero-order valence-corrected chi connectivity index (χ0v) is 9.32. The van der Waals surface area contributed by atoms with Crippen molar-refractivity contribution in [3.63, 3.8) is 0 Å². The number of likely N-dealkylation sites (tertiary alicyclic amines) is 1. The van der Waals surface area contributed by atoms with Crippen LogP contribution < -0.4 is 5.73 Å². The zero-order chi connectivity index (χ0) is 11.4. The molecular formula is C11H18N2O2. The maximum atomic E-state index is 11.6. The van der Waals surface area contributed by atoms with Crippen LogP contribution in [0.5, 0.6) is 0 Å². The third kappa shape index (κ3) is 3.38. The first-order valence-corrected chi connectivity index (χ1v) is 5.24. The van der Waals surface area contributed by atoms with Gasteiger partial charge in [-0.05, 0) is 26.7 Å². The number of hydrogen-bond donors (Lipinski definition) is 1. The lowest BCUT2D eigenvalue weighted by atomic mass is 9.96. The van der Waals surface area contributed by atoms with Gasteiger partial charge in [-0.2, -0.15) is 0 Å². The SMILES string of the molecule is CC(C)=CC(=O)N1CCC(C(N)=O)CC1. The van der Waals surface area contributed by atoms with Gasteiger partial charge in [0.1, 0.15) is 0 Å². The zero-order valence-electron chi connectivity index (χ0n) is 9.32. The molecule has 1 heterocycles. The number of allylic oxidation sites excluding steroid dienone is 1. The topological polar surface area (TPSA) is 63.4 Å². The molecule has 4 nitrogen and oxygen atoms in total. The molecule has 84 valence electrons. The molecule has 0 atom stereocenters. The van der Waals surface area contributed by atoms with Crippen molar-refractivity contribution in [1.82, 2.24) is 4.90 Å². The minimum absolute atomic E-state index is 0.0397. The third-order valence-corrected chi connectivity index (χ3v) is 2.62. The summed E-state index contributed by atoms with van der Waals surface area (Å²) >= 11 is 0. The molecule has 1 rings (SSSR count). The molecule has 0 saturated carbocycles. The van der Waals surface area contributed by atoms with E-state index in [-0.39, 0.29) is 17.7 Å². The Morgan fingerprint density at radius 3 is 2.20 bits per heavy atom. The van der Waals surface area contributed by atoms with Crippen molar-refractivity contribution in [2.45, 2.75) is 26.7 Å². The summed E-state index contributed by atoms with van der Waals surface area (Å²) in [5.74, 6) is -0.261. The average molecular weight is 210 g/mol. The fraction of sp³-hybridized carbons (Fsp3) is 0.636. The Balaban J connectivity index is 2.47. The molecule has 0 bridgehead atoms. The maximum Gasteiger partial charge on any atom is 0.246 e. The fourth-order valence-corrected chi connectivity index (χ4v) is 1.72. The van der Waals surface area contributed by atoms with E-state index in [2.05, 4.69) is 0 Å². The number of nitrogens with two attached hydrogens (primary N) is 1. The molecule has 1 aliphatic heterocycles. The van der Waals surface area contributed by atoms with Gasteiger partial charge in [0, 0.05) is 25.1 Å². The van der Waals surface area contributed by atoms with Gasteiger partial charge in [0.25, 0.3) is 0 Å². The Bertz CT molecular complexity index is 285. The second kappa shape index (κ2) is 4.96. The third-order valence-electron chi connectivity index (χ3n) is 2.62. The quantitative estimate of drug-likeness (QED) is 0.681. The summed E-state index contributed by atoms with van der Waals surface area (Å²) in [6, 6.07) is 0. The molecule has 0 aromatic carbocycles. The monoisotopic (exact) mass is 210 g/mol. The van der Waals surface area contributed by atoms with E-state index < -0.39 is 0 Å². The van der Waals surface area contributed by atoms with Crippen LogP contribution in [-0.4, -0.2) is 29.8 Å². The van der Waals surface area contributed by atoms with E-state index in [1.54, 1.807) is 11.0 Å². The number of carbonyl (C=O) groups is 2. The molecule has 2 amide bonds. The van der Waals surface area contributed by atoms with Crippen molar-refractivity contribution in [1.29, 1.82) is 0 Å². The summed E-state index contributed by atoms with van der Waals surface area (Å²) < 4.78 is 0. The van der Waals surface area contributed by atoms with Crippen LogP contribution in [0.1, 0.15) is 26.7 Å². The fourth-order valence-electron chi connectivity index (χ4n) is 1.72. The number of piperidine rings is 1. The molecule has 15 heavy (non-hydrogen) atoms. The first-order chi connectivity index (χ1) is 7.00. The van der Waals surface area contributed by atoms with Gasteiger partial charge in [0.05, 0.1) is 0 Å². The number of carbonyl (C=O) groups excluding carboxylic acids is 2. The van der Waals surface area contributed by atoms with E-state index in [4.69, 9.17) is 5.73 Å². The van der Waals surface area contributed by atoms with Crippen molar-refractivity contribution in [3.8, 4) is 0 Å². The number of nitrogens with zero attached hydrogens (tertiary/aromatic N) is 1. The van der Waals surface area contributed by atoms with Crippen LogP contribution in [0.3, 0.4) is 0 Å². The van der Waals surface area contributed by atoms with Crippen LogP contribution in [0.4, 0.5) is 0 Å².